The summed E-state index contributed by atoms with van der Waals surface area (Å²) in [6.07, 6.45) is 9.75. The summed E-state index contributed by atoms with van der Waals surface area (Å²) in [6, 6.07) is 0. The number of allylic oxidation sites excluding steroid dienone is 8. The molecule has 216 valence electrons. The molecular weight excluding hydrogens is 505 g/mol. The minimum absolute atomic E-state index is 0.611. The lowest BCUT2D eigenvalue weighted by molar-refractivity contribution is 0.254. The van der Waals surface area contributed by atoms with E-state index < -0.39 is 17.1 Å². The lowest BCUT2D eigenvalue weighted by atomic mass is 10.1. The molecule has 0 bridgehead atoms. The molecule has 4 unspecified atom stereocenters. The SMILES string of the molecule is CO[Si](OC)(C1=C(C)C(C)CC1)C1=C(C)C(C)CC1.CO[Si](OC)(C1=C(C)CCC1C)C1=C(C)CCC1C. The molecule has 4 atom stereocenters. The highest BCUT2D eigenvalue weighted by atomic mass is 28.4. The fourth-order valence-electron chi connectivity index (χ4n) is 7.89. The molecule has 6 heteroatoms. The van der Waals surface area contributed by atoms with Crippen molar-refractivity contribution in [3.63, 3.8) is 0 Å². The third-order valence-corrected chi connectivity index (χ3v) is 19.0. The Labute approximate surface area is 236 Å². The molecule has 0 amide bonds. The topological polar surface area (TPSA) is 36.9 Å². The van der Waals surface area contributed by atoms with Gasteiger partial charge in [0, 0.05) is 28.4 Å². The van der Waals surface area contributed by atoms with Crippen LogP contribution < -0.4 is 0 Å². The van der Waals surface area contributed by atoms with Gasteiger partial charge in [0.15, 0.2) is 0 Å². The third-order valence-electron chi connectivity index (χ3n) is 10.5. The minimum atomic E-state index is -2.37. The van der Waals surface area contributed by atoms with E-state index in [0.29, 0.717) is 23.7 Å². The second-order valence-corrected chi connectivity index (χ2v) is 18.9. The van der Waals surface area contributed by atoms with Crippen molar-refractivity contribution in [1.82, 2.24) is 0 Å². The van der Waals surface area contributed by atoms with Gasteiger partial charge >= 0.3 is 17.1 Å². The van der Waals surface area contributed by atoms with Crippen LogP contribution in [-0.2, 0) is 17.7 Å². The van der Waals surface area contributed by atoms with Crippen molar-refractivity contribution in [2.75, 3.05) is 28.4 Å². The van der Waals surface area contributed by atoms with Crippen molar-refractivity contribution >= 4 is 17.1 Å². The molecule has 0 aromatic carbocycles. The van der Waals surface area contributed by atoms with Crippen LogP contribution in [0.4, 0.5) is 0 Å². The van der Waals surface area contributed by atoms with Gasteiger partial charge in [-0.3, -0.25) is 0 Å². The molecule has 0 N–H and O–H groups in total. The number of hydrogen-bond acceptors (Lipinski definition) is 4. The fraction of sp³-hybridized carbons (Fsp3) is 0.750. The molecule has 0 fully saturated rings. The molecule has 0 saturated carbocycles. The Hall–Kier alpha value is -0.766. The summed E-state index contributed by atoms with van der Waals surface area (Å²) in [6.45, 7) is 18.4. The van der Waals surface area contributed by atoms with E-state index in [1.165, 1.54) is 81.6 Å². The van der Waals surface area contributed by atoms with Gasteiger partial charge in [-0.1, -0.05) is 50.0 Å². The zero-order valence-corrected chi connectivity index (χ0v) is 28.6. The zero-order valence-electron chi connectivity index (χ0n) is 26.6. The predicted molar refractivity (Wildman–Crippen MR) is 164 cm³/mol. The van der Waals surface area contributed by atoms with Crippen LogP contribution in [0.5, 0.6) is 0 Å². The summed E-state index contributed by atoms with van der Waals surface area (Å²) in [5.74, 6) is 2.60. The van der Waals surface area contributed by atoms with Crippen LogP contribution in [0, 0.1) is 23.7 Å². The van der Waals surface area contributed by atoms with E-state index in [0.717, 1.165) is 12.8 Å². The van der Waals surface area contributed by atoms with E-state index in [2.05, 4.69) is 55.4 Å². The van der Waals surface area contributed by atoms with Crippen molar-refractivity contribution in [2.45, 2.75) is 107 Å². The Morgan fingerprint density at radius 3 is 1.00 bits per heavy atom. The molecular formula is C32H56O4Si2. The molecule has 4 rings (SSSR count). The van der Waals surface area contributed by atoms with Crippen LogP contribution in [0.3, 0.4) is 0 Å². The Bertz CT molecular complexity index is 925. The van der Waals surface area contributed by atoms with Crippen LogP contribution >= 0.6 is 0 Å². The zero-order chi connectivity index (χ0) is 28.4. The summed E-state index contributed by atoms with van der Waals surface area (Å²) in [5, 5.41) is 6.04. The van der Waals surface area contributed by atoms with E-state index in [1.807, 2.05) is 28.4 Å². The van der Waals surface area contributed by atoms with E-state index in [1.54, 1.807) is 0 Å². The van der Waals surface area contributed by atoms with E-state index in [4.69, 9.17) is 17.7 Å². The van der Waals surface area contributed by atoms with Gasteiger partial charge in [0.25, 0.3) is 0 Å². The first-order valence-electron chi connectivity index (χ1n) is 15.0. The molecule has 0 spiro atoms. The number of hydrogen-bond donors (Lipinski definition) is 0. The summed E-state index contributed by atoms with van der Waals surface area (Å²) < 4.78 is 24.5. The molecule has 0 aliphatic heterocycles. The monoisotopic (exact) mass is 560 g/mol. The summed E-state index contributed by atoms with van der Waals surface area (Å²) in [4.78, 5) is 0. The molecule has 0 aromatic rings. The van der Waals surface area contributed by atoms with E-state index in [-0.39, 0.29) is 0 Å². The van der Waals surface area contributed by atoms with Crippen LogP contribution in [-0.4, -0.2) is 45.6 Å². The Balaban J connectivity index is 0.000000211. The Morgan fingerprint density at radius 1 is 0.474 bits per heavy atom. The smallest absolute Gasteiger partial charge is 0.391 e. The maximum atomic E-state index is 6.14. The van der Waals surface area contributed by atoms with Crippen molar-refractivity contribution in [3.8, 4) is 0 Å². The van der Waals surface area contributed by atoms with Crippen molar-refractivity contribution in [2.24, 2.45) is 23.7 Å². The second-order valence-electron chi connectivity index (χ2n) is 12.5. The summed E-state index contributed by atoms with van der Waals surface area (Å²) in [7, 11) is 2.71. The van der Waals surface area contributed by atoms with Gasteiger partial charge < -0.3 is 17.7 Å². The third kappa shape index (κ3) is 5.43. The van der Waals surface area contributed by atoms with Gasteiger partial charge in [-0.2, -0.15) is 0 Å². The summed E-state index contributed by atoms with van der Waals surface area (Å²) >= 11 is 0. The molecule has 4 nitrogen and oxygen atoms in total. The fourth-order valence-corrected chi connectivity index (χ4v) is 16.2. The lowest BCUT2D eigenvalue weighted by Crippen LogP contribution is -2.48. The van der Waals surface area contributed by atoms with Crippen molar-refractivity contribution in [1.29, 1.82) is 0 Å². The van der Waals surface area contributed by atoms with Crippen molar-refractivity contribution < 1.29 is 17.7 Å². The van der Waals surface area contributed by atoms with Crippen LogP contribution in [0.25, 0.3) is 0 Å². The average Bonchev–Trinajstić information content (AvgIpc) is 3.64. The largest absolute Gasteiger partial charge is 0.398 e. The molecule has 38 heavy (non-hydrogen) atoms. The standard InChI is InChI=1S/2C16H28O2Si/c1-11-7-9-15(13(11)3)19(17-5,18-6)16-10-8-12(2)14(16)4;1-11-7-8-12(2)15(11)19(17-5,18-6)16-13(3)9-10-14(16)4/h11-12H,7-10H2,1-6H3;11,13H,7-10H2,1-6H3. The highest BCUT2D eigenvalue weighted by molar-refractivity contribution is 6.82. The second kappa shape index (κ2) is 12.8. The first-order valence-corrected chi connectivity index (χ1v) is 18.6. The molecule has 0 saturated heterocycles. The Morgan fingerprint density at radius 2 is 0.789 bits per heavy atom. The van der Waals surface area contributed by atoms with Crippen LogP contribution in [0.15, 0.2) is 43.1 Å². The Kier molecular flexibility index (Phi) is 10.7. The summed E-state index contributed by atoms with van der Waals surface area (Å²) in [5.41, 5.74) is 6.08. The van der Waals surface area contributed by atoms with Gasteiger partial charge in [-0.25, -0.2) is 0 Å². The normalized spacial score (nSPS) is 28.7. The van der Waals surface area contributed by atoms with E-state index >= 15 is 0 Å². The van der Waals surface area contributed by atoms with Gasteiger partial charge in [0.05, 0.1) is 0 Å². The molecule has 4 aliphatic rings. The molecule has 4 aliphatic carbocycles. The van der Waals surface area contributed by atoms with E-state index in [9.17, 15) is 0 Å². The van der Waals surface area contributed by atoms with Crippen LogP contribution in [0.1, 0.15) is 107 Å². The highest BCUT2D eigenvalue weighted by Crippen LogP contribution is 2.48. The van der Waals surface area contributed by atoms with Crippen LogP contribution in [0.2, 0.25) is 0 Å². The highest BCUT2D eigenvalue weighted by Gasteiger charge is 2.52. The maximum absolute atomic E-state index is 6.14. The van der Waals surface area contributed by atoms with Gasteiger partial charge in [-0.15, -0.1) is 0 Å². The molecule has 0 aromatic heterocycles. The van der Waals surface area contributed by atoms with Gasteiger partial charge in [0.1, 0.15) is 0 Å². The lowest BCUT2D eigenvalue weighted by Gasteiger charge is -2.35. The first-order chi connectivity index (χ1) is 17.9. The van der Waals surface area contributed by atoms with Crippen molar-refractivity contribution in [3.05, 3.63) is 43.1 Å². The minimum Gasteiger partial charge on any atom is -0.391 e. The molecule has 0 heterocycles. The first kappa shape index (κ1) is 31.8. The maximum Gasteiger partial charge on any atom is 0.398 e. The number of rotatable bonds is 8. The molecule has 0 radical (unpaired) electrons. The average molecular weight is 561 g/mol. The van der Waals surface area contributed by atoms with Gasteiger partial charge in [-0.05, 0) is 124 Å². The predicted octanol–water partition coefficient (Wildman–Crippen LogP) is 8.59. The van der Waals surface area contributed by atoms with Gasteiger partial charge in [0.2, 0.25) is 0 Å². The quantitative estimate of drug-likeness (QED) is 0.279.